The Bertz CT molecular complexity index is 820. The Balaban J connectivity index is 1.52. The first-order valence-electron chi connectivity index (χ1n) is 9.28. The first-order valence-corrected chi connectivity index (χ1v) is 9.28. The van der Waals surface area contributed by atoms with Crippen molar-refractivity contribution in [2.24, 2.45) is 5.92 Å². The Labute approximate surface area is 153 Å². The zero-order chi connectivity index (χ0) is 18.1. The molecule has 1 unspecified atom stereocenters. The molecular weight excluding hydrogens is 326 g/mol. The van der Waals surface area contributed by atoms with Gasteiger partial charge in [-0.3, -0.25) is 9.59 Å². The van der Waals surface area contributed by atoms with E-state index in [0.717, 1.165) is 36.0 Å². The van der Waals surface area contributed by atoms with Crippen LogP contribution in [-0.4, -0.2) is 21.9 Å². The first-order chi connectivity index (χ1) is 12.6. The molecule has 0 saturated carbocycles. The molecule has 0 saturated heterocycles. The maximum atomic E-state index is 12.8. The molecule has 1 amide bonds. The minimum absolute atomic E-state index is 0.0587. The monoisotopic (exact) mass is 349 g/mol. The Morgan fingerprint density at radius 3 is 2.27 bits per heavy atom. The summed E-state index contributed by atoms with van der Waals surface area (Å²) in [5, 5.41) is 9.85. The highest BCUT2D eigenvalue weighted by Gasteiger charge is 2.36. The molecule has 0 radical (unpaired) electrons. The molecule has 0 fully saturated rings. The van der Waals surface area contributed by atoms with Gasteiger partial charge in [0.05, 0.1) is 5.92 Å². The molecule has 0 aromatic heterocycles. The molecule has 4 nitrogen and oxygen atoms in total. The van der Waals surface area contributed by atoms with Gasteiger partial charge in [0.2, 0.25) is 5.91 Å². The summed E-state index contributed by atoms with van der Waals surface area (Å²) in [5.74, 6) is -1.66. The maximum absolute atomic E-state index is 12.8. The SMILES string of the molecule is O=C(O)C(CC(=O)N1Cc2ccccc2C1)[C@@H]1CCCc2ccccc21. The number of aliphatic carboxylic acids is 1. The fourth-order valence-electron chi connectivity index (χ4n) is 4.44. The largest absolute Gasteiger partial charge is 0.481 e. The van der Waals surface area contributed by atoms with E-state index in [-0.39, 0.29) is 18.2 Å². The molecule has 2 aliphatic rings. The van der Waals surface area contributed by atoms with Crippen LogP contribution in [0.1, 0.15) is 47.4 Å². The van der Waals surface area contributed by atoms with E-state index >= 15 is 0 Å². The molecule has 134 valence electrons. The lowest BCUT2D eigenvalue weighted by Crippen LogP contribution is -2.33. The highest BCUT2D eigenvalue weighted by Crippen LogP contribution is 2.39. The maximum Gasteiger partial charge on any atom is 0.307 e. The minimum atomic E-state index is -0.864. The van der Waals surface area contributed by atoms with E-state index in [1.165, 1.54) is 5.56 Å². The van der Waals surface area contributed by atoms with Crippen molar-refractivity contribution in [3.05, 3.63) is 70.8 Å². The number of amides is 1. The molecule has 1 N–H and O–H groups in total. The molecule has 1 heterocycles. The van der Waals surface area contributed by atoms with Crippen molar-refractivity contribution < 1.29 is 14.7 Å². The number of carbonyl (C=O) groups is 2. The van der Waals surface area contributed by atoms with Gasteiger partial charge in [0.15, 0.2) is 0 Å². The van der Waals surface area contributed by atoms with Crippen LogP contribution in [0, 0.1) is 5.92 Å². The number of carboxylic acids is 1. The van der Waals surface area contributed by atoms with Crippen molar-refractivity contribution in [2.45, 2.75) is 44.7 Å². The Morgan fingerprint density at radius 2 is 1.62 bits per heavy atom. The summed E-state index contributed by atoms with van der Waals surface area (Å²) in [6, 6.07) is 16.1. The Kier molecular flexibility index (Phi) is 4.49. The van der Waals surface area contributed by atoms with Gasteiger partial charge in [-0.15, -0.1) is 0 Å². The molecule has 1 aliphatic carbocycles. The van der Waals surface area contributed by atoms with Crippen molar-refractivity contribution in [3.8, 4) is 0 Å². The molecular formula is C22H23NO3. The molecule has 2 atom stereocenters. The van der Waals surface area contributed by atoms with E-state index in [1.54, 1.807) is 4.90 Å². The average Bonchev–Trinajstić information content (AvgIpc) is 3.10. The molecule has 4 heteroatoms. The third-order valence-corrected chi connectivity index (χ3v) is 5.81. The lowest BCUT2D eigenvalue weighted by Gasteiger charge is -2.30. The second-order valence-corrected chi connectivity index (χ2v) is 7.36. The number of carbonyl (C=O) groups excluding carboxylic acids is 1. The van der Waals surface area contributed by atoms with Crippen LogP contribution in [0.3, 0.4) is 0 Å². The van der Waals surface area contributed by atoms with Gasteiger partial charge in [-0.25, -0.2) is 0 Å². The number of hydrogen-bond acceptors (Lipinski definition) is 2. The average molecular weight is 349 g/mol. The molecule has 26 heavy (non-hydrogen) atoms. The summed E-state index contributed by atoms with van der Waals surface area (Å²) in [5.41, 5.74) is 4.67. The van der Waals surface area contributed by atoms with Crippen molar-refractivity contribution in [1.29, 1.82) is 0 Å². The van der Waals surface area contributed by atoms with Crippen molar-refractivity contribution in [2.75, 3.05) is 0 Å². The number of benzene rings is 2. The Hall–Kier alpha value is -2.62. The number of nitrogens with zero attached hydrogens (tertiary/aromatic N) is 1. The van der Waals surface area contributed by atoms with Gasteiger partial charge in [0.25, 0.3) is 0 Å². The number of hydrogen-bond donors (Lipinski definition) is 1. The topological polar surface area (TPSA) is 57.6 Å². The fourth-order valence-corrected chi connectivity index (χ4v) is 4.44. The number of rotatable bonds is 4. The van der Waals surface area contributed by atoms with Gasteiger partial charge in [-0.05, 0) is 47.4 Å². The van der Waals surface area contributed by atoms with E-state index < -0.39 is 11.9 Å². The number of carboxylic acid groups (broad SMARTS) is 1. The van der Waals surface area contributed by atoms with Crippen LogP contribution in [0.15, 0.2) is 48.5 Å². The van der Waals surface area contributed by atoms with Crippen LogP contribution in [0.25, 0.3) is 0 Å². The predicted octanol–water partition coefficient (Wildman–Crippen LogP) is 3.74. The standard InChI is InChI=1S/C22H23NO3/c24-21(23-13-16-7-1-2-8-17(16)14-23)12-20(22(25)26)19-11-5-9-15-6-3-4-10-18(15)19/h1-4,6-8,10,19-20H,5,9,11-14H2,(H,25,26)/t19-,20?/m1/s1. The number of aryl methyl sites for hydroxylation is 1. The van der Waals surface area contributed by atoms with Gasteiger partial charge in [-0.2, -0.15) is 0 Å². The predicted molar refractivity (Wildman–Crippen MR) is 98.6 cm³/mol. The third kappa shape index (κ3) is 3.12. The van der Waals surface area contributed by atoms with E-state index in [4.69, 9.17) is 0 Å². The fraction of sp³-hybridized carbons (Fsp3) is 0.364. The van der Waals surface area contributed by atoms with Crippen LogP contribution in [-0.2, 0) is 29.1 Å². The summed E-state index contributed by atoms with van der Waals surface area (Å²) in [7, 11) is 0. The molecule has 1 aliphatic heterocycles. The van der Waals surface area contributed by atoms with Crippen molar-refractivity contribution >= 4 is 11.9 Å². The molecule has 0 spiro atoms. The van der Waals surface area contributed by atoms with Gasteiger partial charge in [0.1, 0.15) is 0 Å². The van der Waals surface area contributed by atoms with Gasteiger partial charge >= 0.3 is 5.97 Å². The van der Waals surface area contributed by atoms with Gasteiger partial charge in [-0.1, -0.05) is 48.5 Å². The highest BCUT2D eigenvalue weighted by atomic mass is 16.4. The van der Waals surface area contributed by atoms with Crippen LogP contribution >= 0.6 is 0 Å². The summed E-state index contributed by atoms with van der Waals surface area (Å²) in [6.07, 6.45) is 2.88. The van der Waals surface area contributed by atoms with Crippen LogP contribution in [0.4, 0.5) is 0 Å². The molecule has 4 rings (SSSR count). The van der Waals surface area contributed by atoms with Gasteiger partial charge in [0, 0.05) is 19.5 Å². The molecule has 2 aromatic rings. The lowest BCUT2D eigenvalue weighted by molar-refractivity contribution is -0.147. The van der Waals surface area contributed by atoms with Crippen molar-refractivity contribution in [3.63, 3.8) is 0 Å². The molecule has 2 aromatic carbocycles. The van der Waals surface area contributed by atoms with Crippen LogP contribution in [0.5, 0.6) is 0 Å². The quantitative estimate of drug-likeness (QED) is 0.915. The highest BCUT2D eigenvalue weighted by molar-refractivity contribution is 5.83. The van der Waals surface area contributed by atoms with Crippen LogP contribution < -0.4 is 0 Å². The number of fused-ring (bicyclic) bond motifs is 2. The first kappa shape index (κ1) is 16.8. The second kappa shape index (κ2) is 6.94. The summed E-state index contributed by atoms with van der Waals surface area (Å²) in [6.45, 7) is 1.17. The van der Waals surface area contributed by atoms with Gasteiger partial charge < -0.3 is 10.0 Å². The summed E-state index contributed by atoms with van der Waals surface area (Å²) < 4.78 is 0. The zero-order valence-electron chi connectivity index (χ0n) is 14.7. The van der Waals surface area contributed by atoms with E-state index in [9.17, 15) is 14.7 Å². The van der Waals surface area contributed by atoms with Crippen molar-refractivity contribution in [1.82, 2.24) is 4.90 Å². The second-order valence-electron chi connectivity index (χ2n) is 7.36. The summed E-state index contributed by atoms with van der Waals surface area (Å²) in [4.78, 5) is 26.6. The lowest BCUT2D eigenvalue weighted by atomic mass is 9.74. The summed E-state index contributed by atoms with van der Waals surface area (Å²) >= 11 is 0. The third-order valence-electron chi connectivity index (χ3n) is 5.81. The van der Waals surface area contributed by atoms with E-state index in [2.05, 4.69) is 6.07 Å². The normalized spacial score (nSPS) is 19.5. The van der Waals surface area contributed by atoms with E-state index in [1.807, 2.05) is 42.5 Å². The molecule has 0 bridgehead atoms. The minimum Gasteiger partial charge on any atom is -0.481 e. The smallest absolute Gasteiger partial charge is 0.307 e. The Morgan fingerprint density at radius 1 is 1.00 bits per heavy atom. The zero-order valence-corrected chi connectivity index (χ0v) is 14.7. The van der Waals surface area contributed by atoms with E-state index in [0.29, 0.717) is 13.1 Å². The van der Waals surface area contributed by atoms with Crippen LogP contribution in [0.2, 0.25) is 0 Å².